The van der Waals surface area contributed by atoms with Crippen LogP contribution in [-0.4, -0.2) is 26.3 Å². The summed E-state index contributed by atoms with van der Waals surface area (Å²) in [5.74, 6) is 0.0212. The standard InChI is InChI=1S/C14H24N2O2S/c1-14(2,3)11-16(4)19(17,18)10-13-7-5-6-12(8-13)9-15/h5-8H,9-11,15H2,1-4H3. The monoisotopic (exact) mass is 284 g/mol. The Morgan fingerprint density at radius 1 is 1.21 bits per heavy atom. The maximum Gasteiger partial charge on any atom is 0.218 e. The van der Waals surface area contributed by atoms with Crippen molar-refractivity contribution in [2.24, 2.45) is 11.1 Å². The van der Waals surface area contributed by atoms with Crippen molar-refractivity contribution in [3.05, 3.63) is 35.4 Å². The Balaban J connectivity index is 2.84. The molecule has 0 radical (unpaired) electrons. The largest absolute Gasteiger partial charge is 0.326 e. The van der Waals surface area contributed by atoms with Gasteiger partial charge in [0.15, 0.2) is 0 Å². The van der Waals surface area contributed by atoms with Gasteiger partial charge in [0.25, 0.3) is 0 Å². The Hall–Kier alpha value is -0.910. The third kappa shape index (κ3) is 5.30. The molecule has 0 aliphatic carbocycles. The Bertz CT molecular complexity index is 518. The summed E-state index contributed by atoms with van der Waals surface area (Å²) < 4.78 is 26.0. The number of nitrogens with two attached hydrogens (primary N) is 1. The van der Waals surface area contributed by atoms with Crippen molar-refractivity contribution in [2.45, 2.75) is 33.1 Å². The molecule has 5 heteroatoms. The number of sulfonamides is 1. The topological polar surface area (TPSA) is 63.4 Å². The minimum absolute atomic E-state index is 0.0212. The van der Waals surface area contributed by atoms with Gasteiger partial charge in [-0.25, -0.2) is 12.7 Å². The first-order chi connectivity index (χ1) is 8.64. The fourth-order valence-corrected chi connectivity index (χ4v) is 3.34. The van der Waals surface area contributed by atoms with E-state index in [2.05, 4.69) is 0 Å². The van der Waals surface area contributed by atoms with Gasteiger partial charge < -0.3 is 5.73 Å². The Morgan fingerprint density at radius 3 is 2.32 bits per heavy atom. The average molecular weight is 284 g/mol. The van der Waals surface area contributed by atoms with E-state index in [1.165, 1.54) is 4.31 Å². The first-order valence-electron chi connectivity index (χ1n) is 6.36. The van der Waals surface area contributed by atoms with E-state index in [-0.39, 0.29) is 11.2 Å². The van der Waals surface area contributed by atoms with Gasteiger partial charge in [-0.1, -0.05) is 45.0 Å². The molecular weight excluding hydrogens is 260 g/mol. The molecule has 0 heterocycles. The van der Waals surface area contributed by atoms with Crippen molar-refractivity contribution in [1.82, 2.24) is 4.31 Å². The molecule has 1 aromatic carbocycles. The van der Waals surface area contributed by atoms with Crippen LogP contribution < -0.4 is 5.73 Å². The van der Waals surface area contributed by atoms with Gasteiger partial charge in [-0.15, -0.1) is 0 Å². The Labute approximate surface area is 116 Å². The van der Waals surface area contributed by atoms with Crippen LogP contribution in [0.5, 0.6) is 0 Å². The maximum absolute atomic E-state index is 12.3. The highest BCUT2D eigenvalue weighted by Gasteiger charge is 2.23. The van der Waals surface area contributed by atoms with E-state index in [0.717, 1.165) is 11.1 Å². The summed E-state index contributed by atoms with van der Waals surface area (Å²) >= 11 is 0. The molecule has 2 N–H and O–H groups in total. The maximum atomic E-state index is 12.3. The quantitative estimate of drug-likeness (QED) is 0.899. The summed E-state index contributed by atoms with van der Waals surface area (Å²) in [5, 5.41) is 0. The number of rotatable bonds is 5. The first kappa shape index (κ1) is 16.1. The Morgan fingerprint density at radius 2 is 1.79 bits per heavy atom. The first-order valence-corrected chi connectivity index (χ1v) is 7.97. The van der Waals surface area contributed by atoms with Gasteiger partial charge in [0.05, 0.1) is 5.75 Å². The van der Waals surface area contributed by atoms with Crippen LogP contribution in [0.1, 0.15) is 31.9 Å². The summed E-state index contributed by atoms with van der Waals surface area (Å²) in [4.78, 5) is 0. The van der Waals surface area contributed by atoms with Gasteiger partial charge in [0, 0.05) is 20.1 Å². The van der Waals surface area contributed by atoms with E-state index in [1.54, 1.807) is 7.05 Å². The van der Waals surface area contributed by atoms with E-state index in [0.29, 0.717) is 13.1 Å². The smallest absolute Gasteiger partial charge is 0.218 e. The minimum atomic E-state index is -3.28. The normalized spacial score (nSPS) is 12.9. The van der Waals surface area contributed by atoms with Crippen LogP contribution in [0, 0.1) is 5.41 Å². The van der Waals surface area contributed by atoms with E-state index in [9.17, 15) is 8.42 Å². The molecule has 0 aliphatic rings. The molecule has 0 aromatic heterocycles. The molecule has 0 amide bonds. The van der Waals surface area contributed by atoms with E-state index in [1.807, 2.05) is 45.0 Å². The van der Waals surface area contributed by atoms with Gasteiger partial charge in [-0.2, -0.15) is 0 Å². The minimum Gasteiger partial charge on any atom is -0.326 e. The van der Waals surface area contributed by atoms with Crippen LogP contribution in [0.2, 0.25) is 0 Å². The third-order valence-electron chi connectivity index (χ3n) is 2.75. The van der Waals surface area contributed by atoms with Gasteiger partial charge in [0.2, 0.25) is 10.0 Å². The molecule has 1 aromatic rings. The summed E-state index contributed by atoms with van der Waals surface area (Å²) in [7, 11) is -1.65. The lowest BCUT2D eigenvalue weighted by Crippen LogP contribution is -2.35. The van der Waals surface area contributed by atoms with Crippen molar-refractivity contribution in [1.29, 1.82) is 0 Å². The van der Waals surface area contributed by atoms with Gasteiger partial charge in [-0.05, 0) is 16.5 Å². The molecule has 0 saturated carbocycles. The molecule has 19 heavy (non-hydrogen) atoms. The van der Waals surface area contributed by atoms with Crippen LogP contribution >= 0.6 is 0 Å². The molecule has 0 atom stereocenters. The van der Waals surface area contributed by atoms with E-state index >= 15 is 0 Å². The Kier molecular flexibility index (Phi) is 5.12. The lowest BCUT2D eigenvalue weighted by molar-refractivity contribution is 0.310. The fraction of sp³-hybridized carbons (Fsp3) is 0.571. The summed E-state index contributed by atoms with van der Waals surface area (Å²) in [6, 6.07) is 7.41. The lowest BCUT2D eigenvalue weighted by atomic mass is 9.97. The van der Waals surface area contributed by atoms with Crippen LogP contribution in [0.3, 0.4) is 0 Å². The van der Waals surface area contributed by atoms with E-state index < -0.39 is 10.0 Å². The highest BCUT2D eigenvalue weighted by molar-refractivity contribution is 7.88. The second-order valence-electron chi connectivity index (χ2n) is 6.10. The van der Waals surface area contributed by atoms with Gasteiger partial charge in [-0.3, -0.25) is 0 Å². The van der Waals surface area contributed by atoms with Gasteiger partial charge in [0.1, 0.15) is 0 Å². The zero-order valence-electron chi connectivity index (χ0n) is 12.2. The molecule has 1 rings (SSSR count). The summed E-state index contributed by atoms with van der Waals surface area (Å²) in [5.41, 5.74) is 7.24. The van der Waals surface area contributed by atoms with Crippen molar-refractivity contribution >= 4 is 10.0 Å². The molecule has 4 nitrogen and oxygen atoms in total. The number of hydrogen-bond donors (Lipinski definition) is 1. The van der Waals surface area contributed by atoms with Crippen molar-refractivity contribution in [3.8, 4) is 0 Å². The number of hydrogen-bond acceptors (Lipinski definition) is 3. The van der Waals surface area contributed by atoms with Crippen LogP contribution in [0.25, 0.3) is 0 Å². The van der Waals surface area contributed by atoms with Crippen molar-refractivity contribution in [3.63, 3.8) is 0 Å². The highest BCUT2D eigenvalue weighted by Crippen LogP contribution is 2.18. The predicted molar refractivity (Wildman–Crippen MR) is 79.0 cm³/mol. The highest BCUT2D eigenvalue weighted by atomic mass is 32.2. The van der Waals surface area contributed by atoms with Crippen LogP contribution in [-0.2, 0) is 22.3 Å². The molecule has 0 saturated heterocycles. The fourth-order valence-electron chi connectivity index (χ4n) is 1.93. The number of nitrogens with zero attached hydrogens (tertiary/aromatic N) is 1. The van der Waals surface area contributed by atoms with E-state index in [4.69, 9.17) is 5.73 Å². The molecule has 108 valence electrons. The third-order valence-corrected chi connectivity index (χ3v) is 4.53. The molecule has 0 unspecified atom stereocenters. The number of benzene rings is 1. The lowest BCUT2D eigenvalue weighted by Gasteiger charge is -2.26. The van der Waals surface area contributed by atoms with Crippen molar-refractivity contribution in [2.75, 3.05) is 13.6 Å². The molecule has 0 bridgehead atoms. The SMILES string of the molecule is CN(CC(C)(C)C)S(=O)(=O)Cc1cccc(CN)c1. The zero-order chi connectivity index (χ0) is 14.7. The molecule has 0 aliphatic heterocycles. The average Bonchev–Trinajstić information content (AvgIpc) is 2.26. The second-order valence-corrected chi connectivity index (χ2v) is 8.17. The molecular formula is C14H24N2O2S. The summed E-state index contributed by atoms with van der Waals surface area (Å²) in [6.45, 7) is 6.99. The van der Waals surface area contributed by atoms with Crippen LogP contribution in [0.15, 0.2) is 24.3 Å². The molecule has 0 fully saturated rings. The second kappa shape index (κ2) is 6.03. The predicted octanol–water partition coefficient (Wildman–Crippen LogP) is 1.95. The summed E-state index contributed by atoms with van der Waals surface area (Å²) in [6.07, 6.45) is 0. The zero-order valence-corrected chi connectivity index (χ0v) is 13.0. The van der Waals surface area contributed by atoms with Crippen molar-refractivity contribution < 1.29 is 8.42 Å². The molecule has 0 spiro atoms. The van der Waals surface area contributed by atoms with Gasteiger partial charge >= 0.3 is 0 Å². The van der Waals surface area contributed by atoms with Crippen LogP contribution in [0.4, 0.5) is 0 Å².